The zero-order valence-corrected chi connectivity index (χ0v) is 13.9. The van der Waals surface area contributed by atoms with E-state index in [1.807, 2.05) is 50.2 Å². The van der Waals surface area contributed by atoms with E-state index in [0.717, 1.165) is 11.1 Å². The second-order valence-electron chi connectivity index (χ2n) is 5.82. The first-order chi connectivity index (χ1) is 10.9. The van der Waals surface area contributed by atoms with Gasteiger partial charge in [-0.2, -0.15) is 0 Å². The van der Waals surface area contributed by atoms with Crippen molar-refractivity contribution in [3.05, 3.63) is 63.3 Å². The van der Waals surface area contributed by atoms with E-state index >= 15 is 0 Å². The van der Waals surface area contributed by atoms with Crippen LogP contribution in [0.15, 0.2) is 35.1 Å². The largest absolute Gasteiger partial charge is 0.349 e. The van der Waals surface area contributed by atoms with E-state index in [4.69, 9.17) is 0 Å². The monoisotopic (exact) mass is 314 g/mol. The zero-order valence-electron chi connectivity index (χ0n) is 13.9. The number of hydrogen-bond acceptors (Lipinski definition) is 4. The number of aromatic nitrogens is 2. The van der Waals surface area contributed by atoms with Gasteiger partial charge in [-0.25, -0.2) is 4.98 Å². The molecule has 0 spiro atoms. The number of aryl methyl sites for hydroxylation is 2. The van der Waals surface area contributed by atoms with E-state index in [-0.39, 0.29) is 18.0 Å². The molecule has 1 aromatic carbocycles. The van der Waals surface area contributed by atoms with Gasteiger partial charge in [0.05, 0.1) is 12.2 Å². The number of rotatable bonds is 5. The summed E-state index contributed by atoms with van der Waals surface area (Å²) in [7, 11) is 3.73. The van der Waals surface area contributed by atoms with Crippen molar-refractivity contribution in [2.45, 2.75) is 26.4 Å². The van der Waals surface area contributed by atoms with Gasteiger partial charge in [-0.3, -0.25) is 14.5 Å². The van der Waals surface area contributed by atoms with E-state index in [1.165, 1.54) is 6.07 Å². The first-order valence-corrected chi connectivity index (χ1v) is 7.44. The molecule has 0 aliphatic carbocycles. The van der Waals surface area contributed by atoms with Crippen molar-refractivity contribution in [2.24, 2.45) is 0 Å². The Morgan fingerprint density at radius 3 is 2.65 bits per heavy atom. The van der Waals surface area contributed by atoms with Crippen LogP contribution < -0.4 is 10.9 Å². The van der Waals surface area contributed by atoms with Crippen molar-refractivity contribution >= 4 is 5.91 Å². The van der Waals surface area contributed by atoms with Crippen LogP contribution in [0, 0.1) is 13.8 Å². The fourth-order valence-electron chi connectivity index (χ4n) is 2.53. The number of nitrogens with one attached hydrogen (secondary N) is 2. The van der Waals surface area contributed by atoms with Gasteiger partial charge in [0.2, 0.25) is 5.91 Å². The van der Waals surface area contributed by atoms with Crippen LogP contribution in [0.2, 0.25) is 0 Å². The fourth-order valence-corrected chi connectivity index (χ4v) is 2.53. The number of hydrogen-bond donors (Lipinski definition) is 2. The highest BCUT2D eigenvalue weighted by Crippen LogP contribution is 2.19. The topological polar surface area (TPSA) is 78.1 Å². The predicted molar refractivity (Wildman–Crippen MR) is 89.0 cm³/mol. The number of aromatic amines is 1. The van der Waals surface area contributed by atoms with Gasteiger partial charge in [-0.1, -0.05) is 29.8 Å². The van der Waals surface area contributed by atoms with Gasteiger partial charge >= 0.3 is 0 Å². The molecule has 0 aliphatic rings. The summed E-state index contributed by atoms with van der Waals surface area (Å²) in [6.07, 6.45) is 0. The maximum absolute atomic E-state index is 12.6. The molecule has 0 unspecified atom stereocenters. The number of carbonyl (C=O) groups excluding carboxylic acids is 1. The van der Waals surface area contributed by atoms with Crippen LogP contribution in [0.4, 0.5) is 0 Å². The lowest BCUT2D eigenvalue weighted by molar-refractivity contribution is -0.126. The molecule has 23 heavy (non-hydrogen) atoms. The first-order valence-electron chi connectivity index (χ1n) is 7.44. The highest BCUT2D eigenvalue weighted by atomic mass is 16.2. The lowest BCUT2D eigenvalue weighted by Gasteiger charge is -2.24. The normalized spacial score (nSPS) is 12.2. The Bertz CT molecular complexity index is 752. The summed E-state index contributed by atoms with van der Waals surface area (Å²) in [6.45, 7) is 3.93. The maximum Gasteiger partial charge on any atom is 0.251 e. The van der Waals surface area contributed by atoms with Crippen molar-refractivity contribution in [2.75, 3.05) is 14.1 Å². The molecule has 0 fully saturated rings. The lowest BCUT2D eigenvalue weighted by atomic mass is 10.0. The number of likely N-dealkylation sites (N-methyl/N-ethyl adjacent to an activating group) is 1. The number of nitrogens with zero attached hydrogens (tertiary/aromatic N) is 2. The first kappa shape index (κ1) is 16.9. The van der Waals surface area contributed by atoms with E-state index in [9.17, 15) is 9.59 Å². The second kappa shape index (κ2) is 7.19. The van der Waals surface area contributed by atoms with Gasteiger partial charge in [0.15, 0.2) is 0 Å². The summed E-state index contributed by atoms with van der Waals surface area (Å²) >= 11 is 0. The van der Waals surface area contributed by atoms with Gasteiger partial charge in [-0.05, 0) is 33.5 Å². The van der Waals surface area contributed by atoms with Crippen LogP contribution in [-0.4, -0.2) is 34.9 Å². The molecule has 1 atom stereocenters. The molecule has 0 radical (unpaired) electrons. The summed E-state index contributed by atoms with van der Waals surface area (Å²) in [6, 6.07) is 8.88. The number of benzene rings is 1. The molecule has 1 amide bonds. The standard InChI is InChI=1S/C17H22N4O2/c1-11-6-5-7-13(8-11)16(21(3)4)17(23)18-10-14-9-15(22)20-12(2)19-14/h5-9,16H,10H2,1-4H3,(H,18,23)(H,19,20,22)/t16-/m1/s1. The lowest BCUT2D eigenvalue weighted by Crippen LogP contribution is -2.37. The average Bonchev–Trinajstić information content (AvgIpc) is 2.44. The molecule has 2 rings (SSSR count). The summed E-state index contributed by atoms with van der Waals surface area (Å²) in [5.41, 5.74) is 2.36. The minimum atomic E-state index is -0.391. The summed E-state index contributed by atoms with van der Waals surface area (Å²) in [5, 5.41) is 2.86. The van der Waals surface area contributed by atoms with E-state index < -0.39 is 6.04 Å². The molecule has 122 valence electrons. The second-order valence-corrected chi connectivity index (χ2v) is 5.82. The molecule has 0 saturated carbocycles. The van der Waals surface area contributed by atoms with Crippen molar-refractivity contribution in [3.8, 4) is 0 Å². The third-order valence-electron chi connectivity index (χ3n) is 3.48. The van der Waals surface area contributed by atoms with Gasteiger partial charge < -0.3 is 10.3 Å². The molecule has 2 N–H and O–H groups in total. The molecule has 2 aromatic rings. The molecule has 6 heteroatoms. The molecule has 1 aromatic heterocycles. The van der Waals surface area contributed by atoms with Crippen LogP contribution in [0.25, 0.3) is 0 Å². The molecule has 6 nitrogen and oxygen atoms in total. The van der Waals surface area contributed by atoms with Crippen LogP contribution >= 0.6 is 0 Å². The van der Waals surface area contributed by atoms with Crippen LogP contribution in [0.1, 0.15) is 28.7 Å². The van der Waals surface area contributed by atoms with E-state index in [0.29, 0.717) is 11.5 Å². The zero-order chi connectivity index (χ0) is 17.0. The van der Waals surface area contributed by atoms with E-state index in [2.05, 4.69) is 15.3 Å². The Kier molecular flexibility index (Phi) is 5.28. The molecular weight excluding hydrogens is 292 g/mol. The van der Waals surface area contributed by atoms with Crippen molar-refractivity contribution in [1.82, 2.24) is 20.2 Å². The Labute approximate surface area is 135 Å². The third kappa shape index (κ3) is 4.50. The Hall–Kier alpha value is -2.47. The highest BCUT2D eigenvalue weighted by Gasteiger charge is 2.22. The van der Waals surface area contributed by atoms with Gasteiger partial charge in [0.1, 0.15) is 11.9 Å². The molecule has 0 aliphatic heterocycles. The number of carbonyl (C=O) groups is 1. The third-order valence-corrected chi connectivity index (χ3v) is 3.48. The van der Waals surface area contributed by atoms with E-state index in [1.54, 1.807) is 6.92 Å². The summed E-state index contributed by atoms with van der Waals surface area (Å²) in [5.74, 6) is 0.407. The number of amides is 1. The minimum Gasteiger partial charge on any atom is -0.349 e. The predicted octanol–water partition coefficient (Wildman–Crippen LogP) is 1.31. The SMILES string of the molecule is Cc1cccc([C@H](C(=O)NCc2cc(=O)[nH]c(C)n2)N(C)C)c1. The van der Waals surface area contributed by atoms with Crippen LogP contribution in [-0.2, 0) is 11.3 Å². The van der Waals surface area contributed by atoms with Crippen LogP contribution in [0.3, 0.4) is 0 Å². The molecule has 0 saturated heterocycles. The quantitative estimate of drug-likeness (QED) is 0.872. The summed E-state index contributed by atoms with van der Waals surface area (Å²) < 4.78 is 0. The fraction of sp³-hybridized carbons (Fsp3) is 0.353. The Morgan fingerprint density at radius 1 is 1.30 bits per heavy atom. The smallest absolute Gasteiger partial charge is 0.251 e. The maximum atomic E-state index is 12.6. The van der Waals surface area contributed by atoms with Crippen LogP contribution in [0.5, 0.6) is 0 Å². The van der Waals surface area contributed by atoms with Gasteiger partial charge in [-0.15, -0.1) is 0 Å². The number of H-pyrrole nitrogens is 1. The molecule has 0 bridgehead atoms. The molecule has 1 heterocycles. The van der Waals surface area contributed by atoms with Gasteiger partial charge in [0.25, 0.3) is 5.56 Å². The van der Waals surface area contributed by atoms with Crippen molar-refractivity contribution in [3.63, 3.8) is 0 Å². The highest BCUT2D eigenvalue weighted by molar-refractivity contribution is 5.83. The minimum absolute atomic E-state index is 0.125. The van der Waals surface area contributed by atoms with Crippen molar-refractivity contribution < 1.29 is 4.79 Å². The average molecular weight is 314 g/mol. The molecular formula is C17H22N4O2. The summed E-state index contributed by atoms with van der Waals surface area (Å²) in [4.78, 5) is 32.7. The Balaban J connectivity index is 2.14. The van der Waals surface area contributed by atoms with Crippen molar-refractivity contribution in [1.29, 1.82) is 0 Å². The van der Waals surface area contributed by atoms with Gasteiger partial charge in [0, 0.05) is 6.07 Å². The Morgan fingerprint density at radius 2 is 2.04 bits per heavy atom.